The minimum absolute atomic E-state index is 0.0945. The highest BCUT2D eigenvalue weighted by Crippen LogP contribution is 2.58. The summed E-state index contributed by atoms with van der Waals surface area (Å²) in [4.78, 5) is 29.1. The Morgan fingerprint density at radius 3 is 2.33 bits per heavy atom. The molecule has 2 aromatic rings. The summed E-state index contributed by atoms with van der Waals surface area (Å²) in [6.45, 7) is 5.43. The number of anilines is 1. The average Bonchev–Trinajstić information content (AvgIpc) is 3.24. The van der Waals surface area contributed by atoms with E-state index in [9.17, 15) is 9.59 Å². The van der Waals surface area contributed by atoms with E-state index in [1.54, 1.807) is 18.9 Å². The smallest absolute Gasteiger partial charge is 0.345 e. The van der Waals surface area contributed by atoms with Crippen molar-refractivity contribution in [1.82, 2.24) is 0 Å². The van der Waals surface area contributed by atoms with Gasteiger partial charge in [-0.15, -0.1) is 0 Å². The van der Waals surface area contributed by atoms with E-state index in [0.29, 0.717) is 15.5 Å². The summed E-state index contributed by atoms with van der Waals surface area (Å²) in [7, 11) is 2.99. The number of rotatable bonds is 3. The fraction of sp³-hybridized carbons (Fsp3) is 0.240. The Morgan fingerprint density at radius 2 is 1.73 bits per heavy atom. The van der Waals surface area contributed by atoms with Crippen LogP contribution in [-0.4, -0.2) is 36.5 Å². The Morgan fingerprint density at radius 1 is 1.03 bits per heavy atom. The molecule has 2 aliphatic heterocycles. The Bertz CT molecular complexity index is 1230. The van der Waals surface area contributed by atoms with E-state index in [1.165, 1.54) is 30.6 Å². The van der Waals surface area contributed by atoms with Crippen LogP contribution in [0.2, 0.25) is 0 Å². The van der Waals surface area contributed by atoms with Crippen molar-refractivity contribution in [3.05, 3.63) is 68.8 Å². The van der Waals surface area contributed by atoms with Crippen molar-refractivity contribution in [2.75, 3.05) is 19.1 Å². The number of fused-ring (bicyclic) bond motifs is 1. The largest absolute Gasteiger partial charge is 0.497 e. The van der Waals surface area contributed by atoms with Crippen LogP contribution in [0.3, 0.4) is 0 Å². The molecule has 0 atom stereocenters. The molecule has 170 valence electrons. The van der Waals surface area contributed by atoms with Crippen LogP contribution in [0, 0.1) is 0 Å². The van der Waals surface area contributed by atoms with E-state index in [4.69, 9.17) is 21.7 Å². The highest BCUT2D eigenvalue weighted by atomic mass is 32.2. The number of amides is 1. The second-order valence-corrected chi connectivity index (χ2v) is 10.7. The summed E-state index contributed by atoms with van der Waals surface area (Å²) in [5.74, 6) is 0.178. The number of thiocarbonyl (C=S) groups is 1. The number of thioether (sulfide) groups is 2. The maximum Gasteiger partial charge on any atom is 0.345 e. The van der Waals surface area contributed by atoms with Gasteiger partial charge in [-0.1, -0.05) is 66.1 Å². The SMILES string of the molecule is COC(=O)C1=C(c2ccccc2)S/C(=C2/C(=S)C(C)(C)N(C(C)=O)c3ccc(OC)cc32)S1. The molecule has 2 aliphatic rings. The lowest BCUT2D eigenvalue weighted by molar-refractivity contribution is -0.135. The predicted octanol–water partition coefficient (Wildman–Crippen LogP) is 5.90. The van der Waals surface area contributed by atoms with Gasteiger partial charge in [-0.2, -0.15) is 0 Å². The van der Waals surface area contributed by atoms with Crippen LogP contribution in [0.4, 0.5) is 5.69 Å². The molecule has 4 rings (SSSR count). The molecular weight excluding hydrogens is 474 g/mol. The van der Waals surface area contributed by atoms with Crippen molar-refractivity contribution < 1.29 is 19.1 Å². The molecule has 0 bridgehead atoms. The van der Waals surface area contributed by atoms with Crippen molar-refractivity contribution in [1.29, 1.82) is 0 Å². The number of esters is 1. The minimum Gasteiger partial charge on any atom is -0.497 e. The van der Waals surface area contributed by atoms with Gasteiger partial charge in [-0.05, 0) is 37.6 Å². The molecule has 0 saturated heterocycles. The molecule has 5 nitrogen and oxygen atoms in total. The first-order valence-corrected chi connectivity index (χ1v) is 12.3. The molecule has 1 amide bonds. The lowest BCUT2D eigenvalue weighted by Crippen LogP contribution is -2.55. The van der Waals surface area contributed by atoms with E-state index in [-0.39, 0.29) is 11.9 Å². The van der Waals surface area contributed by atoms with Crippen molar-refractivity contribution in [2.45, 2.75) is 26.3 Å². The first-order chi connectivity index (χ1) is 15.7. The quantitative estimate of drug-likeness (QED) is 0.297. The monoisotopic (exact) mass is 497 g/mol. The summed E-state index contributed by atoms with van der Waals surface area (Å²) in [6.07, 6.45) is 0. The van der Waals surface area contributed by atoms with E-state index in [0.717, 1.165) is 31.5 Å². The molecule has 0 spiro atoms. The highest BCUT2D eigenvalue weighted by Gasteiger charge is 2.44. The number of ether oxygens (including phenoxy) is 2. The molecule has 2 aromatic carbocycles. The van der Waals surface area contributed by atoms with Gasteiger partial charge in [0.15, 0.2) is 0 Å². The predicted molar refractivity (Wildman–Crippen MR) is 140 cm³/mol. The summed E-state index contributed by atoms with van der Waals surface area (Å²) in [5.41, 5.74) is 2.61. The van der Waals surface area contributed by atoms with Crippen LogP contribution in [0.25, 0.3) is 10.5 Å². The van der Waals surface area contributed by atoms with Gasteiger partial charge in [0.2, 0.25) is 5.91 Å². The second kappa shape index (κ2) is 9.00. The third kappa shape index (κ3) is 4.00. The van der Waals surface area contributed by atoms with Gasteiger partial charge in [0.05, 0.1) is 34.5 Å². The summed E-state index contributed by atoms with van der Waals surface area (Å²) < 4.78 is 11.4. The van der Waals surface area contributed by atoms with Gasteiger partial charge < -0.3 is 14.4 Å². The number of carbonyl (C=O) groups excluding carboxylic acids is 2. The molecule has 0 radical (unpaired) electrons. The number of nitrogens with zero attached hydrogens (tertiary/aromatic N) is 1. The van der Waals surface area contributed by atoms with Gasteiger partial charge >= 0.3 is 5.97 Å². The average molecular weight is 498 g/mol. The third-order valence-corrected chi connectivity index (χ3v) is 8.91. The Hall–Kier alpha value is -2.55. The third-order valence-electron chi connectivity index (χ3n) is 5.58. The molecule has 0 aromatic heterocycles. The van der Waals surface area contributed by atoms with E-state index >= 15 is 0 Å². The number of hydrogen-bond acceptors (Lipinski definition) is 7. The van der Waals surface area contributed by atoms with Gasteiger partial charge in [-0.25, -0.2) is 4.79 Å². The lowest BCUT2D eigenvalue weighted by atomic mass is 9.83. The molecule has 0 saturated carbocycles. The number of methoxy groups -OCH3 is 2. The van der Waals surface area contributed by atoms with Crippen molar-refractivity contribution in [3.8, 4) is 5.75 Å². The summed E-state index contributed by atoms with van der Waals surface area (Å²) >= 11 is 8.85. The summed E-state index contributed by atoms with van der Waals surface area (Å²) in [5, 5.41) is 0. The number of carbonyl (C=O) groups is 2. The molecule has 0 fully saturated rings. The Kier molecular flexibility index (Phi) is 6.44. The van der Waals surface area contributed by atoms with Crippen molar-refractivity contribution >= 4 is 68.6 Å². The van der Waals surface area contributed by atoms with E-state index < -0.39 is 5.54 Å². The maximum absolute atomic E-state index is 12.7. The number of hydrogen-bond donors (Lipinski definition) is 0. The van der Waals surface area contributed by atoms with Crippen molar-refractivity contribution in [2.24, 2.45) is 0 Å². The van der Waals surface area contributed by atoms with Gasteiger partial charge in [0.25, 0.3) is 0 Å². The molecule has 0 N–H and O–H groups in total. The lowest BCUT2D eigenvalue weighted by Gasteiger charge is -2.44. The molecule has 0 aliphatic carbocycles. The molecule has 33 heavy (non-hydrogen) atoms. The van der Waals surface area contributed by atoms with Crippen LogP contribution in [0.1, 0.15) is 31.9 Å². The van der Waals surface area contributed by atoms with Crippen LogP contribution in [-0.2, 0) is 14.3 Å². The van der Waals surface area contributed by atoms with Gasteiger partial charge in [0, 0.05) is 23.0 Å². The first kappa shape index (κ1) is 23.6. The molecular formula is C25H23NO4S3. The Balaban J connectivity index is 1.95. The second-order valence-electron chi connectivity index (χ2n) is 8.01. The molecule has 2 heterocycles. The fourth-order valence-corrected chi connectivity index (χ4v) is 7.20. The number of benzene rings is 2. The van der Waals surface area contributed by atoms with Crippen LogP contribution in [0.5, 0.6) is 5.75 Å². The fourth-order valence-electron chi connectivity index (χ4n) is 4.04. The van der Waals surface area contributed by atoms with Crippen LogP contribution in [0.15, 0.2) is 57.7 Å². The topological polar surface area (TPSA) is 55.8 Å². The molecule has 8 heteroatoms. The maximum atomic E-state index is 12.7. The minimum atomic E-state index is -0.729. The highest BCUT2D eigenvalue weighted by molar-refractivity contribution is 8.32. The van der Waals surface area contributed by atoms with Crippen LogP contribution >= 0.6 is 35.7 Å². The van der Waals surface area contributed by atoms with Crippen LogP contribution < -0.4 is 9.64 Å². The Labute approximate surface area is 207 Å². The van der Waals surface area contributed by atoms with Crippen molar-refractivity contribution in [3.63, 3.8) is 0 Å². The van der Waals surface area contributed by atoms with Gasteiger partial charge in [-0.3, -0.25) is 4.79 Å². The zero-order valence-electron chi connectivity index (χ0n) is 18.9. The zero-order chi connectivity index (χ0) is 23.9. The molecule has 0 unspecified atom stereocenters. The normalized spacial score (nSPS) is 19.4. The zero-order valence-corrected chi connectivity index (χ0v) is 21.4. The van der Waals surface area contributed by atoms with E-state index in [2.05, 4.69) is 0 Å². The van der Waals surface area contributed by atoms with Gasteiger partial charge in [0.1, 0.15) is 10.7 Å². The van der Waals surface area contributed by atoms with E-state index in [1.807, 2.05) is 62.4 Å². The standard InChI is InChI=1S/C25H23NO4S3/c1-14(27)26-18-12-11-16(29-4)13-17(18)19(22(31)25(26,2)3)24-32-20(15-9-7-6-8-10-15)21(33-24)23(28)30-5/h6-13H,1-5H3/b24-19-. The summed E-state index contributed by atoms with van der Waals surface area (Å²) in [6, 6.07) is 15.4. The first-order valence-electron chi connectivity index (χ1n) is 10.2.